The molecule has 3 aromatic carbocycles. The van der Waals surface area contributed by atoms with Crippen molar-refractivity contribution in [3.63, 3.8) is 0 Å². The molecule has 0 saturated carbocycles. The molecule has 0 unspecified atom stereocenters. The van der Waals surface area contributed by atoms with Gasteiger partial charge in [0.05, 0.1) is 35.8 Å². The number of benzene rings is 3. The van der Waals surface area contributed by atoms with E-state index in [0.717, 1.165) is 15.9 Å². The number of hydrogen-bond acceptors (Lipinski definition) is 7. The van der Waals surface area contributed by atoms with Gasteiger partial charge in [-0.1, -0.05) is 29.8 Å². The lowest BCUT2D eigenvalue weighted by Crippen LogP contribution is -2.41. The van der Waals surface area contributed by atoms with Crippen molar-refractivity contribution >= 4 is 38.9 Å². The van der Waals surface area contributed by atoms with E-state index in [4.69, 9.17) is 21.1 Å². The molecular formula is C25H26ClN3O7S. The van der Waals surface area contributed by atoms with Crippen LogP contribution in [0.4, 0.5) is 11.4 Å². The molecule has 1 N–H and O–H groups in total. The number of rotatable bonds is 10. The number of methoxy groups -OCH3 is 2. The predicted octanol–water partition coefficient (Wildman–Crippen LogP) is 4.65. The third kappa shape index (κ3) is 6.30. The van der Waals surface area contributed by atoms with Crippen LogP contribution in [-0.4, -0.2) is 40.0 Å². The molecule has 0 saturated heterocycles. The Hall–Kier alpha value is -3.83. The van der Waals surface area contributed by atoms with Crippen molar-refractivity contribution in [2.75, 3.05) is 25.1 Å². The number of nitro groups is 1. The van der Waals surface area contributed by atoms with Crippen LogP contribution in [0.5, 0.6) is 11.5 Å². The number of ether oxygens (including phenoxy) is 2. The monoisotopic (exact) mass is 547 g/mol. The van der Waals surface area contributed by atoms with Gasteiger partial charge in [0.25, 0.3) is 15.7 Å². The zero-order chi connectivity index (χ0) is 27.3. The number of nitrogens with zero attached hydrogens (tertiary/aromatic N) is 2. The smallest absolute Gasteiger partial charge is 0.273 e. The molecule has 0 bridgehead atoms. The van der Waals surface area contributed by atoms with Gasteiger partial charge in [-0.3, -0.25) is 19.2 Å². The Labute approximate surface area is 220 Å². The van der Waals surface area contributed by atoms with Crippen molar-refractivity contribution in [2.45, 2.75) is 24.8 Å². The molecule has 196 valence electrons. The van der Waals surface area contributed by atoms with Gasteiger partial charge in [0, 0.05) is 16.7 Å². The van der Waals surface area contributed by atoms with Crippen LogP contribution in [0.2, 0.25) is 5.02 Å². The summed E-state index contributed by atoms with van der Waals surface area (Å²) in [5.41, 5.74) is 0.710. The van der Waals surface area contributed by atoms with Crippen molar-refractivity contribution < 1.29 is 27.6 Å². The van der Waals surface area contributed by atoms with Crippen LogP contribution >= 0.6 is 11.6 Å². The fraction of sp³-hybridized carbons (Fsp3) is 0.240. The van der Waals surface area contributed by atoms with Gasteiger partial charge in [-0.05, 0) is 55.8 Å². The van der Waals surface area contributed by atoms with Gasteiger partial charge >= 0.3 is 0 Å². The predicted molar refractivity (Wildman–Crippen MR) is 140 cm³/mol. The number of aryl methyl sites for hydroxylation is 1. The van der Waals surface area contributed by atoms with Crippen molar-refractivity contribution in [3.05, 3.63) is 86.9 Å². The fourth-order valence-electron chi connectivity index (χ4n) is 3.62. The summed E-state index contributed by atoms with van der Waals surface area (Å²) in [4.78, 5) is 23.5. The van der Waals surface area contributed by atoms with Gasteiger partial charge in [0.15, 0.2) is 0 Å². The van der Waals surface area contributed by atoms with E-state index in [1.54, 1.807) is 38.3 Å². The van der Waals surface area contributed by atoms with Gasteiger partial charge in [-0.2, -0.15) is 0 Å². The van der Waals surface area contributed by atoms with E-state index in [9.17, 15) is 23.3 Å². The Balaban J connectivity index is 2.01. The summed E-state index contributed by atoms with van der Waals surface area (Å²) in [6.07, 6.45) is 0. The normalized spacial score (nSPS) is 11.9. The molecule has 0 heterocycles. The van der Waals surface area contributed by atoms with Crippen molar-refractivity contribution in [3.8, 4) is 11.5 Å². The minimum Gasteiger partial charge on any atom is -0.497 e. The minimum atomic E-state index is -4.47. The topological polar surface area (TPSA) is 128 Å². The molecule has 0 aliphatic rings. The van der Waals surface area contributed by atoms with Crippen LogP contribution in [-0.2, 0) is 14.8 Å². The summed E-state index contributed by atoms with van der Waals surface area (Å²) in [7, 11) is -1.58. The third-order valence-electron chi connectivity index (χ3n) is 5.66. The second-order valence-corrected chi connectivity index (χ2v) is 10.4. The van der Waals surface area contributed by atoms with Crippen molar-refractivity contribution in [1.82, 2.24) is 5.32 Å². The van der Waals surface area contributed by atoms with E-state index in [-0.39, 0.29) is 27.0 Å². The molecule has 3 aromatic rings. The lowest BCUT2D eigenvalue weighted by atomic mass is 10.1. The van der Waals surface area contributed by atoms with E-state index in [1.807, 2.05) is 0 Å². The number of anilines is 1. The Morgan fingerprint density at radius 1 is 1.08 bits per heavy atom. The number of amides is 1. The Morgan fingerprint density at radius 3 is 2.35 bits per heavy atom. The molecule has 0 radical (unpaired) electrons. The SMILES string of the molecule is COc1ccc([C@@H](C)NC(=O)CN(c2cc(Cl)ccc2OC)S(=O)(=O)c2ccc(C)c([N+](=O)[O-])c2)cc1. The molecular weight excluding hydrogens is 522 g/mol. The molecule has 0 aliphatic carbocycles. The lowest BCUT2D eigenvalue weighted by molar-refractivity contribution is -0.385. The Bertz CT molecular complexity index is 1410. The van der Waals surface area contributed by atoms with Gasteiger partial charge in [-0.15, -0.1) is 0 Å². The summed E-state index contributed by atoms with van der Waals surface area (Å²) >= 11 is 6.15. The minimum absolute atomic E-state index is 0.00507. The molecule has 10 nitrogen and oxygen atoms in total. The maximum absolute atomic E-state index is 13.8. The number of halogens is 1. The second kappa shape index (κ2) is 11.5. The maximum Gasteiger partial charge on any atom is 0.273 e. The molecule has 37 heavy (non-hydrogen) atoms. The number of sulfonamides is 1. The Kier molecular flexibility index (Phi) is 8.61. The Morgan fingerprint density at radius 2 is 1.76 bits per heavy atom. The first-order valence-corrected chi connectivity index (χ1v) is 12.8. The first-order valence-electron chi connectivity index (χ1n) is 11.0. The average Bonchev–Trinajstić information content (AvgIpc) is 2.87. The summed E-state index contributed by atoms with van der Waals surface area (Å²) < 4.78 is 38.8. The maximum atomic E-state index is 13.8. The summed E-state index contributed by atoms with van der Waals surface area (Å²) in [5.74, 6) is 0.181. The van der Waals surface area contributed by atoms with Gasteiger partial charge in [-0.25, -0.2) is 8.42 Å². The van der Waals surface area contributed by atoms with E-state index in [1.165, 1.54) is 44.4 Å². The van der Waals surface area contributed by atoms with Crippen molar-refractivity contribution in [2.24, 2.45) is 0 Å². The molecule has 12 heteroatoms. The average molecular weight is 548 g/mol. The molecule has 0 fully saturated rings. The number of carbonyl (C=O) groups is 1. The van der Waals surface area contributed by atoms with E-state index < -0.39 is 33.4 Å². The highest BCUT2D eigenvalue weighted by Gasteiger charge is 2.31. The lowest BCUT2D eigenvalue weighted by Gasteiger charge is -2.26. The quantitative estimate of drug-likeness (QED) is 0.289. The van der Waals surface area contributed by atoms with E-state index in [0.29, 0.717) is 11.3 Å². The summed E-state index contributed by atoms with van der Waals surface area (Å²) in [6.45, 7) is 2.61. The van der Waals surface area contributed by atoms with E-state index >= 15 is 0 Å². The zero-order valence-corrected chi connectivity index (χ0v) is 22.2. The summed E-state index contributed by atoms with van der Waals surface area (Å²) in [5, 5.41) is 14.4. The van der Waals surface area contributed by atoms with Crippen LogP contribution in [0.1, 0.15) is 24.1 Å². The highest BCUT2D eigenvalue weighted by Crippen LogP contribution is 2.35. The summed E-state index contributed by atoms with van der Waals surface area (Å²) in [6, 6.07) is 14.5. The second-order valence-electron chi connectivity index (χ2n) is 8.10. The fourth-order valence-corrected chi connectivity index (χ4v) is 5.23. The van der Waals surface area contributed by atoms with Crippen LogP contribution in [0, 0.1) is 17.0 Å². The highest BCUT2D eigenvalue weighted by atomic mass is 35.5. The number of hydrogen-bond donors (Lipinski definition) is 1. The molecule has 1 amide bonds. The first kappa shape index (κ1) is 27.8. The van der Waals surface area contributed by atoms with Gasteiger partial charge < -0.3 is 14.8 Å². The molecule has 3 rings (SSSR count). The number of nitro benzene ring substituents is 1. The molecule has 0 spiro atoms. The first-order chi connectivity index (χ1) is 17.5. The molecule has 1 atom stereocenters. The molecule has 0 aromatic heterocycles. The van der Waals surface area contributed by atoms with Crippen molar-refractivity contribution in [1.29, 1.82) is 0 Å². The van der Waals surface area contributed by atoms with Crippen LogP contribution in [0.25, 0.3) is 0 Å². The third-order valence-corrected chi connectivity index (χ3v) is 7.65. The van der Waals surface area contributed by atoms with Gasteiger partial charge in [0.1, 0.15) is 18.0 Å². The van der Waals surface area contributed by atoms with Gasteiger partial charge in [0.2, 0.25) is 5.91 Å². The van der Waals surface area contributed by atoms with Crippen LogP contribution in [0.15, 0.2) is 65.6 Å². The largest absolute Gasteiger partial charge is 0.497 e. The number of carbonyl (C=O) groups excluding carboxylic acids is 1. The standard InChI is InChI=1S/C25H26ClN3O7S/c1-16-5-11-21(14-22(16)29(31)32)37(33,34)28(23-13-19(26)8-12-24(23)36-4)15-25(30)27-17(2)18-6-9-20(35-3)10-7-18/h5-14,17H,15H2,1-4H3,(H,27,30)/t17-/m1/s1. The highest BCUT2D eigenvalue weighted by molar-refractivity contribution is 7.92. The van der Waals surface area contributed by atoms with Crippen LogP contribution in [0.3, 0.4) is 0 Å². The molecule has 0 aliphatic heterocycles. The zero-order valence-electron chi connectivity index (χ0n) is 20.6. The number of nitrogens with one attached hydrogen (secondary N) is 1. The van der Waals surface area contributed by atoms with E-state index in [2.05, 4.69) is 5.32 Å². The van der Waals surface area contributed by atoms with Crippen LogP contribution < -0.4 is 19.1 Å².